The van der Waals surface area contributed by atoms with Gasteiger partial charge in [0.25, 0.3) is 0 Å². The predicted octanol–water partition coefficient (Wildman–Crippen LogP) is 0.273. The van der Waals surface area contributed by atoms with Crippen LogP contribution in [-0.4, -0.2) is 72.3 Å². The summed E-state index contributed by atoms with van der Waals surface area (Å²) in [5.41, 5.74) is 11.4. The topological polar surface area (TPSA) is 160 Å². The summed E-state index contributed by atoms with van der Waals surface area (Å²) < 4.78 is 13.0. The maximum absolute atomic E-state index is 13.0. The number of carbonyl (C=O) groups excluding carboxylic acids is 4. The Balaban J connectivity index is 1.95. The van der Waals surface area contributed by atoms with Crippen LogP contribution in [0.25, 0.3) is 6.08 Å². The normalized spacial score (nSPS) is 17.0. The molecule has 1 aliphatic rings. The summed E-state index contributed by atoms with van der Waals surface area (Å²) in [7, 11) is 0. The maximum atomic E-state index is 13.0. The summed E-state index contributed by atoms with van der Waals surface area (Å²) in [4.78, 5) is 55.3. The van der Waals surface area contributed by atoms with Crippen LogP contribution in [0.5, 0.6) is 0 Å². The van der Waals surface area contributed by atoms with E-state index in [4.69, 9.17) is 11.5 Å². The van der Waals surface area contributed by atoms with Gasteiger partial charge >= 0.3 is 0 Å². The summed E-state index contributed by atoms with van der Waals surface area (Å²) in [5.74, 6) is -2.24. The van der Waals surface area contributed by atoms with Gasteiger partial charge in [0, 0.05) is 19.2 Å². The highest BCUT2D eigenvalue weighted by molar-refractivity contribution is 5.97. The Morgan fingerprint density at radius 2 is 1.91 bits per heavy atom. The van der Waals surface area contributed by atoms with Crippen molar-refractivity contribution in [3.63, 3.8) is 0 Å². The van der Waals surface area contributed by atoms with Crippen LogP contribution >= 0.6 is 0 Å². The molecule has 0 bridgehead atoms. The largest absolute Gasteiger partial charge is 0.370 e. The van der Waals surface area contributed by atoms with Gasteiger partial charge in [0.2, 0.25) is 17.7 Å². The molecule has 6 N–H and O–H groups in total. The van der Waals surface area contributed by atoms with Crippen LogP contribution in [0.4, 0.5) is 4.39 Å². The van der Waals surface area contributed by atoms with Gasteiger partial charge in [-0.1, -0.05) is 30.3 Å². The fourth-order valence-electron chi connectivity index (χ4n) is 3.79. The number of nitrogens with one attached hydrogen (secondary N) is 2. The summed E-state index contributed by atoms with van der Waals surface area (Å²) in [6.07, 6.45) is 4.48. The average Bonchev–Trinajstić information content (AvgIpc) is 3.34. The fraction of sp³-hybridized carbons (Fsp3) is 0.458. The van der Waals surface area contributed by atoms with E-state index in [9.17, 15) is 23.6 Å². The fourth-order valence-corrected chi connectivity index (χ4v) is 3.79. The highest BCUT2D eigenvalue weighted by atomic mass is 19.1. The summed E-state index contributed by atoms with van der Waals surface area (Å²) >= 11 is 0. The molecule has 0 saturated carbocycles. The highest BCUT2D eigenvalue weighted by Gasteiger charge is 2.37. The number of likely N-dealkylation sites (tertiary alicyclic amines) is 1. The zero-order chi connectivity index (χ0) is 25.8. The second-order valence-corrected chi connectivity index (χ2v) is 8.27. The minimum atomic E-state index is -1.22. The van der Waals surface area contributed by atoms with Crippen molar-refractivity contribution in [3.05, 3.63) is 42.0 Å². The maximum Gasteiger partial charge on any atom is 0.245 e. The molecule has 1 heterocycles. The first-order valence-corrected chi connectivity index (χ1v) is 11.5. The lowest BCUT2D eigenvalue weighted by molar-refractivity contribution is -0.141. The zero-order valence-corrected chi connectivity index (χ0v) is 19.8. The lowest BCUT2D eigenvalue weighted by atomic mass is 10.1. The lowest BCUT2D eigenvalue weighted by Gasteiger charge is -2.28. The summed E-state index contributed by atoms with van der Waals surface area (Å²) in [5, 5.41) is 5.18. The molecule has 1 aromatic rings. The lowest BCUT2D eigenvalue weighted by Crippen LogP contribution is -2.54. The SMILES string of the molecule is C[C@H](NC(=O)/C=C/c1ccccc1)C(=O)N1CCC[C@H]1C(=O)N[C@@H](CCCN=C(N)N)C(=O)CF. The van der Waals surface area contributed by atoms with Crippen LogP contribution in [0.15, 0.2) is 41.4 Å². The van der Waals surface area contributed by atoms with E-state index >= 15 is 0 Å². The molecule has 0 spiro atoms. The Morgan fingerprint density at radius 1 is 1.20 bits per heavy atom. The summed E-state index contributed by atoms with van der Waals surface area (Å²) in [6, 6.07) is 6.52. The first kappa shape index (κ1) is 27.5. The van der Waals surface area contributed by atoms with Gasteiger partial charge in [0.15, 0.2) is 11.7 Å². The second-order valence-electron chi connectivity index (χ2n) is 8.27. The van der Waals surface area contributed by atoms with Crippen molar-refractivity contribution < 1.29 is 23.6 Å². The first-order chi connectivity index (χ1) is 16.7. The van der Waals surface area contributed by atoms with E-state index in [0.29, 0.717) is 25.8 Å². The van der Waals surface area contributed by atoms with E-state index in [1.807, 2.05) is 30.3 Å². The summed E-state index contributed by atoms with van der Waals surface area (Å²) in [6.45, 7) is 0.893. The number of amides is 3. The molecule has 1 saturated heterocycles. The van der Waals surface area contributed by atoms with Crippen LogP contribution < -0.4 is 22.1 Å². The number of alkyl halides is 1. The van der Waals surface area contributed by atoms with E-state index in [1.54, 1.807) is 13.0 Å². The van der Waals surface area contributed by atoms with Crippen molar-refractivity contribution in [1.82, 2.24) is 15.5 Å². The number of benzene rings is 1. The molecule has 0 unspecified atom stereocenters. The van der Waals surface area contributed by atoms with E-state index in [2.05, 4.69) is 15.6 Å². The predicted molar refractivity (Wildman–Crippen MR) is 131 cm³/mol. The molecule has 0 aromatic heterocycles. The number of ketones is 1. The number of hydrogen-bond acceptors (Lipinski definition) is 5. The molecule has 3 atom stereocenters. The van der Waals surface area contributed by atoms with Gasteiger partial charge in [-0.05, 0) is 44.2 Å². The molecule has 1 fully saturated rings. The Kier molecular flexibility index (Phi) is 10.9. The van der Waals surface area contributed by atoms with Gasteiger partial charge in [-0.25, -0.2) is 4.39 Å². The molecular formula is C24H33FN6O4. The number of rotatable bonds is 12. The van der Waals surface area contributed by atoms with Gasteiger partial charge in [-0.2, -0.15) is 0 Å². The Hall–Kier alpha value is -3.76. The molecule has 11 heteroatoms. The van der Waals surface area contributed by atoms with Crippen molar-refractivity contribution in [3.8, 4) is 0 Å². The Labute approximate surface area is 204 Å². The monoisotopic (exact) mass is 488 g/mol. The molecule has 2 rings (SSSR count). The van der Waals surface area contributed by atoms with Crippen molar-refractivity contribution in [2.24, 2.45) is 16.5 Å². The van der Waals surface area contributed by atoms with E-state index in [-0.39, 0.29) is 18.9 Å². The number of aliphatic imine (C=N–C) groups is 1. The van der Waals surface area contributed by atoms with Crippen molar-refractivity contribution in [1.29, 1.82) is 0 Å². The molecule has 35 heavy (non-hydrogen) atoms. The van der Waals surface area contributed by atoms with Crippen LogP contribution in [-0.2, 0) is 19.2 Å². The third-order valence-corrected chi connectivity index (χ3v) is 5.58. The van der Waals surface area contributed by atoms with Gasteiger partial charge in [0.05, 0.1) is 6.04 Å². The number of nitrogens with zero attached hydrogens (tertiary/aromatic N) is 2. The smallest absolute Gasteiger partial charge is 0.245 e. The van der Waals surface area contributed by atoms with Gasteiger partial charge in [0.1, 0.15) is 18.8 Å². The second kappa shape index (κ2) is 13.8. The number of halogens is 1. The van der Waals surface area contributed by atoms with Crippen molar-refractivity contribution in [2.45, 2.75) is 50.7 Å². The third kappa shape index (κ3) is 8.84. The number of guanidine groups is 1. The molecule has 10 nitrogen and oxygen atoms in total. The Bertz CT molecular complexity index is 949. The molecule has 0 aliphatic carbocycles. The van der Waals surface area contributed by atoms with Crippen LogP contribution in [0.2, 0.25) is 0 Å². The molecule has 3 amide bonds. The third-order valence-electron chi connectivity index (χ3n) is 5.58. The van der Waals surface area contributed by atoms with E-state index in [1.165, 1.54) is 11.0 Å². The minimum absolute atomic E-state index is 0.0979. The molecular weight excluding hydrogens is 455 g/mol. The molecule has 0 radical (unpaired) electrons. The van der Waals surface area contributed by atoms with Gasteiger partial charge in [-0.3, -0.25) is 24.2 Å². The first-order valence-electron chi connectivity index (χ1n) is 11.5. The van der Waals surface area contributed by atoms with Crippen molar-refractivity contribution in [2.75, 3.05) is 19.8 Å². The Morgan fingerprint density at radius 3 is 2.57 bits per heavy atom. The number of carbonyl (C=O) groups is 4. The van der Waals surface area contributed by atoms with E-state index < -0.39 is 48.3 Å². The van der Waals surface area contributed by atoms with Crippen LogP contribution in [0.1, 0.15) is 38.2 Å². The minimum Gasteiger partial charge on any atom is -0.370 e. The van der Waals surface area contributed by atoms with Crippen LogP contribution in [0, 0.1) is 0 Å². The van der Waals surface area contributed by atoms with Gasteiger partial charge in [-0.15, -0.1) is 0 Å². The zero-order valence-electron chi connectivity index (χ0n) is 19.8. The van der Waals surface area contributed by atoms with Gasteiger partial charge < -0.3 is 27.0 Å². The van der Waals surface area contributed by atoms with Crippen LogP contribution in [0.3, 0.4) is 0 Å². The quantitative estimate of drug-likeness (QED) is 0.143. The molecule has 1 aliphatic heterocycles. The number of nitrogens with two attached hydrogens (primary N) is 2. The molecule has 190 valence electrons. The standard InChI is InChI=1S/C24H33FN6O4/c1-16(29-21(33)12-11-17-7-3-2-4-8-17)23(35)31-14-6-10-19(31)22(34)30-18(20(32)15-25)9-5-13-28-24(26)27/h2-4,7-8,11-12,16,18-19H,5-6,9-10,13-15H2,1H3,(H,29,33)(H,30,34)(H4,26,27,28)/b12-11+/t16-,18-,19-/m0/s1. The number of hydrogen-bond donors (Lipinski definition) is 4. The molecule has 1 aromatic carbocycles. The van der Waals surface area contributed by atoms with E-state index in [0.717, 1.165) is 5.56 Å². The van der Waals surface area contributed by atoms with Crippen molar-refractivity contribution >= 4 is 35.5 Å². The number of Topliss-reactive ketones (excluding diaryl/α,β-unsaturated/α-hetero) is 1. The highest BCUT2D eigenvalue weighted by Crippen LogP contribution is 2.19. The average molecular weight is 489 g/mol.